The smallest absolute Gasteiger partial charge is 0.328 e. The fourth-order valence-electron chi connectivity index (χ4n) is 5.52. The van der Waals surface area contributed by atoms with E-state index < -0.39 is 41.5 Å². The van der Waals surface area contributed by atoms with Crippen LogP contribution in [0, 0.1) is 10.8 Å². The van der Waals surface area contributed by atoms with Gasteiger partial charge in [-0.25, -0.2) is 4.79 Å². The van der Waals surface area contributed by atoms with E-state index in [0.29, 0.717) is 5.56 Å². The first kappa shape index (κ1) is 20.5. The molecular formula is C20H25N7O5. The van der Waals surface area contributed by atoms with Gasteiger partial charge in [0.15, 0.2) is 23.6 Å². The molecule has 3 saturated heterocycles. The van der Waals surface area contributed by atoms with Crippen LogP contribution >= 0.6 is 0 Å². The van der Waals surface area contributed by atoms with Gasteiger partial charge in [0.25, 0.3) is 5.91 Å². The number of aliphatic hydroxyl groups is 2. The standard InChI is InChI=1S/C20H25N7O5/c21-17-25-14-13(16(29)30)24-18(22)27-8-12(20(31,32)19(14,27)26-17)23-15(28)11-7-3-5-9-4-1-2-6-10(9)11/h3,5,7,12-14,31-32H,1-2,4,6,8H2,(H2,22,24)(H,23,28)(H,29,30)(H3,21,25,26)/t12-,13+,14?,19?/m0/s1. The number of amides is 1. The number of hydrogen-bond donors (Lipinski definition) is 9. The fourth-order valence-corrected chi connectivity index (χ4v) is 5.52. The van der Waals surface area contributed by atoms with Gasteiger partial charge >= 0.3 is 5.97 Å². The van der Waals surface area contributed by atoms with E-state index in [2.05, 4.69) is 21.3 Å². The lowest BCUT2D eigenvalue weighted by atomic mass is 9.84. The predicted molar refractivity (Wildman–Crippen MR) is 111 cm³/mol. The highest BCUT2D eigenvalue weighted by atomic mass is 16.5. The highest BCUT2D eigenvalue weighted by Crippen LogP contribution is 2.43. The first-order chi connectivity index (χ1) is 15.2. The number of fused-ring (bicyclic) bond motifs is 1. The predicted octanol–water partition coefficient (Wildman–Crippen LogP) is -2.16. The van der Waals surface area contributed by atoms with Crippen molar-refractivity contribution < 1.29 is 24.9 Å². The maximum absolute atomic E-state index is 13.2. The average Bonchev–Trinajstić information content (AvgIpc) is 3.22. The molecule has 2 unspecified atom stereocenters. The lowest BCUT2D eigenvalue weighted by molar-refractivity contribution is -0.232. The minimum atomic E-state index is -2.69. The zero-order chi connectivity index (χ0) is 22.8. The fraction of sp³-hybridized carbons (Fsp3) is 0.500. The second-order valence-corrected chi connectivity index (χ2v) is 8.71. The lowest BCUT2D eigenvalue weighted by Crippen LogP contribution is -2.81. The summed E-state index contributed by atoms with van der Waals surface area (Å²) < 4.78 is 0. The van der Waals surface area contributed by atoms with Crippen LogP contribution in [-0.2, 0) is 17.6 Å². The Morgan fingerprint density at radius 1 is 1.16 bits per heavy atom. The van der Waals surface area contributed by atoms with Crippen LogP contribution in [-0.4, -0.2) is 80.1 Å². The van der Waals surface area contributed by atoms with Crippen LogP contribution < -0.4 is 21.3 Å². The van der Waals surface area contributed by atoms with Crippen molar-refractivity contribution in [1.29, 1.82) is 10.8 Å². The van der Waals surface area contributed by atoms with Crippen LogP contribution in [0.2, 0.25) is 0 Å². The summed E-state index contributed by atoms with van der Waals surface area (Å²) in [6, 6.07) is 1.65. The van der Waals surface area contributed by atoms with Crippen LogP contribution in [0.5, 0.6) is 0 Å². The maximum Gasteiger partial charge on any atom is 0.328 e. The molecule has 1 aliphatic carbocycles. The molecule has 3 fully saturated rings. The van der Waals surface area contributed by atoms with Crippen LogP contribution in [0.15, 0.2) is 18.2 Å². The molecule has 1 amide bonds. The Labute approximate surface area is 183 Å². The molecule has 0 radical (unpaired) electrons. The van der Waals surface area contributed by atoms with Crippen molar-refractivity contribution >= 4 is 23.8 Å². The summed E-state index contributed by atoms with van der Waals surface area (Å²) in [5.74, 6) is -5.13. The molecule has 170 valence electrons. The SMILES string of the molecule is N=C1NC2[C@H](C(=O)O)NC(=N)N3C[C@H](NC(=O)c4cccc5c4CCCC5)C(O)(O)C23N1. The Hall–Kier alpha value is -3.38. The largest absolute Gasteiger partial charge is 0.480 e. The summed E-state index contributed by atoms with van der Waals surface area (Å²) in [5.41, 5.74) is 0.603. The van der Waals surface area contributed by atoms with Gasteiger partial charge in [-0.3, -0.25) is 15.6 Å². The molecule has 3 heterocycles. The summed E-state index contributed by atoms with van der Waals surface area (Å²) in [4.78, 5) is 26.2. The number of hydrogen-bond acceptors (Lipinski definition) is 6. The van der Waals surface area contributed by atoms with Crippen molar-refractivity contribution in [2.24, 2.45) is 0 Å². The molecule has 0 bridgehead atoms. The number of carbonyl (C=O) groups is 2. The maximum atomic E-state index is 13.2. The van der Waals surface area contributed by atoms with Gasteiger partial charge < -0.3 is 41.5 Å². The first-order valence-electron chi connectivity index (χ1n) is 10.5. The molecule has 1 spiro atoms. The van der Waals surface area contributed by atoms with Gasteiger partial charge in [-0.05, 0) is 42.9 Å². The Morgan fingerprint density at radius 2 is 1.91 bits per heavy atom. The van der Waals surface area contributed by atoms with Gasteiger partial charge in [0, 0.05) is 12.1 Å². The number of aliphatic carboxylic acids is 1. The van der Waals surface area contributed by atoms with Crippen molar-refractivity contribution in [3.63, 3.8) is 0 Å². The summed E-state index contributed by atoms with van der Waals surface area (Å²) in [6.45, 7) is -0.176. The number of rotatable bonds is 3. The minimum Gasteiger partial charge on any atom is -0.480 e. The zero-order valence-electron chi connectivity index (χ0n) is 17.1. The van der Waals surface area contributed by atoms with E-state index in [9.17, 15) is 24.9 Å². The molecule has 4 aliphatic rings. The molecule has 1 aromatic carbocycles. The average molecular weight is 443 g/mol. The number of nitrogens with one attached hydrogen (secondary N) is 6. The number of carboxylic acids is 1. The van der Waals surface area contributed by atoms with E-state index in [-0.39, 0.29) is 18.5 Å². The van der Waals surface area contributed by atoms with Crippen molar-refractivity contribution in [2.45, 2.75) is 55.3 Å². The van der Waals surface area contributed by atoms with Crippen LogP contribution in [0.1, 0.15) is 34.3 Å². The highest BCUT2D eigenvalue weighted by molar-refractivity contribution is 5.97. The molecule has 12 heteroatoms. The topological polar surface area (TPSA) is 194 Å². The van der Waals surface area contributed by atoms with Crippen LogP contribution in [0.4, 0.5) is 0 Å². The minimum absolute atomic E-state index is 0.176. The van der Waals surface area contributed by atoms with Crippen molar-refractivity contribution in [3.05, 3.63) is 34.9 Å². The van der Waals surface area contributed by atoms with E-state index in [1.807, 2.05) is 6.07 Å². The Balaban J connectivity index is 1.49. The Morgan fingerprint density at radius 3 is 2.66 bits per heavy atom. The summed E-state index contributed by atoms with van der Waals surface area (Å²) in [7, 11) is 0. The van der Waals surface area contributed by atoms with E-state index >= 15 is 0 Å². The van der Waals surface area contributed by atoms with E-state index in [1.165, 1.54) is 4.90 Å². The van der Waals surface area contributed by atoms with E-state index in [0.717, 1.165) is 36.8 Å². The molecule has 4 atom stereocenters. The first-order valence-corrected chi connectivity index (χ1v) is 10.5. The third-order valence-corrected chi connectivity index (χ3v) is 7.01. The van der Waals surface area contributed by atoms with Gasteiger partial charge in [0.05, 0.1) is 0 Å². The summed E-state index contributed by atoms with van der Waals surface area (Å²) in [6.07, 6.45) is 3.68. The Bertz CT molecular complexity index is 1040. The molecule has 5 rings (SSSR count). The molecule has 3 aliphatic heterocycles. The van der Waals surface area contributed by atoms with E-state index in [4.69, 9.17) is 10.8 Å². The molecule has 9 N–H and O–H groups in total. The monoisotopic (exact) mass is 443 g/mol. The second-order valence-electron chi connectivity index (χ2n) is 8.71. The van der Waals surface area contributed by atoms with Gasteiger partial charge in [-0.2, -0.15) is 0 Å². The molecule has 0 saturated carbocycles. The highest BCUT2D eigenvalue weighted by Gasteiger charge is 2.75. The number of carboxylic acid groups (broad SMARTS) is 1. The van der Waals surface area contributed by atoms with Crippen molar-refractivity contribution in [2.75, 3.05) is 6.54 Å². The Kier molecular flexibility index (Phi) is 4.37. The van der Waals surface area contributed by atoms with Gasteiger partial charge in [0.1, 0.15) is 12.1 Å². The lowest BCUT2D eigenvalue weighted by Gasteiger charge is -2.50. The van der Waals surface area contributed by atoms with Crippen molar-refractivity contribution in [3.8, 4) is 0 Å². The molecule has 32 heavy (non-hydrogen) atoms. The summed E-state index contributed by atoms with van der Waals surface area (Å²) >= 11 is 0. The number of guanidine groups is 2. The number of benzene rings is 1. The molecule has 0 aromatic heterocycles. The van der Waals surface area contributed by atoms with Crippen molar-refractivity contribution in [1.82, 2.24) is 26.2 Å². The number of carbonyl (C=O) groups excluding carboxylic acids is 1. The summed E-state index contributed by atoms with van der Waals surface area (Å²) in [5, 5.41) is 58.8. The third kappa shape index (κ3) is 2.62. The number of aryl methyl sites for hydroxylation is 1. The molecule has 12 nitrogen and oxygen atoms in total. The normalized spacial score (nSPS) is 32.1. The third-order valence-electron chi connectivity index (χ3n) is 7.01. The quantitative estimate of drug-likeness (QED) is 0.234. The van der Waals surface area contributed by atoms with E-state index in [1.54, 1.807) is 12.1 Å². The molecular weight excluding hydrogens is 418 g/mol. The number of nitrogens with zero attached hydrogens (tertiary/aromatic N) is 1. The van der Waals surface area contributed by atoms with Gasteiger partial charge in [-0.1, -0.05) is 12.1 Å². The second kappa shape index (κ2) is 6.81. The van der Waals surface area contributed by atoms with Gasteiger partial charge in [-0.15, -0.1) is 0 Å². The zero-order valence-corrected chi connectivity index (χ0v) is 17.1. The van der Waals surface area contributed by atoms with Crippen LogP contribution in [0.25, 0.3) is 0 Å². The van der Waals surface area contributed by atoms with Gasteiger partial charge in [0.2, 0.25) is 5.79 Å². The molecule has 1 aromatic rings. The van der Waals surface area contributed by atoms with Crippen LogP contribution in [0.3, 0.4) is 0 Å².